The highest BCUT2D eigenvalue weighted by Crippen LogP contribution is 2.35. The van der Waals surface area contributed by atoms with Crippen molar-refractivity contribution in [1.29, 1.82) is 5.26 Å². The van der Waals surface area contributed by atoms with E-state index in [1.165, 1.54) is 11.8 Å². The lowest BCUT2D eigenvalue weighted by Gasteiger charge is -2.09. The molecule has 0 atom stereocenters. The van der Waals surface area contributed by atoms with Crippen LogP contribution < -0.4 is 0 Å². The monoisotopic (exact) mass is 402 g/mol. The summed E-state index contributed by atoms with van der Waals surface area (Å²) in [5, 5.41) is 12.4. The van der Waals surface area contributed by atoms with Gasteiger partial charge in [0.25, 0.3) is 0 Å². The molecule has 0 unspecified atom stereocenters. The van der Waals surface area contributed by atoms with Gasteiger partial charge in [-0.05, 0) is 67.1 Å². The van der Waals surface area contributed by atoms with Crippen molar-refractivity contribution in [3.63, 3.8) is 0 Å². The molecule has 124 valence electrons. The van der Waals surface area contributed by atoms with E-state index in [1.807, 2.05) is 61.5 Å². The Labute approximate surface area is 165 Å². The lowest BCUT2D eigenvalue weighted by atomic mass is 10.2. The highest BCUT2D eigenvalue weighted by molar-refractivity contribution is 8.00. The van der Waals surface area contributed by atoms with Gasteiger partial charge in [-0.2, -0.15) is 5.26 Å². The quantitative estimate of drug-likeness (QED) is 0.476. The summed E-state index contributed by atoms with van der Waals surface area (Å²) in [4.78, 5) is 6.71. The average Bonchev–Trinajstić information content (AvgIpc) is 2.59. The molecule has 1 heterocycles. The molecule has 6 heteroatoms. The third-order valence-corrected chi connectivity index (χ3v) is 5.76. The zero-order valence-electron chi connectivity index (χ0n) is 13.2. The molecule has 0 bridgehead atoms. The van der Waals surface area contributed by atoms with Gasteiger partial charge in [0, 0.05) is 19.8 Å². The fraction of sp³-hybridized carbons (Fsp3) is 0.0526. The first-order chi connectivity index (χ1) is 12.0. The number of aromatic nitrogens is 1. The van der Waals surface area contributed by atoms with E-state index in [0.717, 1.165) is 20.4 Å². The second-order valence-corrected chi connectivity index (χ2v) is 8.21. The molecular weight excluding hydrogens is 391 g/mol. The summed E-state index contributed by atoms with van der Waals surface area (Å²) >= 11 is 14.9. The number of rotatable bonds is 4. The van der Waals surface area contributed by atoms with Gasteiger partial charge in [0.15, 0.2) is 0 Å². The summed E-state index contributed by atoms with van der Waals surface area (Å²) < 4.78 is 0. The highest BCUT2D eigenvalue weighted by Gasteiger charge is 2.12. The van der Waals surface area contributed by atoms with Gasteiger partial charge in [-0.25, -0.2) is 4.98 Å². The Morgan fingerprint density at radius 1 is 0.880 bits per heavy atom. The van der Waals surface area contributed by atoms with Gasteiger partial charge in [0.05, 0.1) is 5.56 Å². The Morgan fingerprint density at radius 3 is 1.92 bits per heavy atom. The number of halogens is 2. The third kappa shape index (κ3) is 4.71. The molecule has 2 nitrogen and oxygen atoms in total. The molecule has 3 rings (SSSR count). The van der Waals surface area contributed by atoms with Gasteiger partial charge in [0.1, 0.15) is 16.1 Å². The fourth-order valence-electron chi connectivity index (χ4n) is 2.11. The van der Waals surface area contributed by atoms with E-state index in [2.05, 4.69) is 11.1 Å². The maximum absolute atomic E-state index is 9.49. The lowest BCUT2D eigenvalue weighted by Crippen LogP contribution is -1.93. The van der Waals surface area contributed by atoms with E-state index in [9.17, 15) is 5.26 Å². The minimum atomic E-state index is 0.598. The first-order valence-corrected chi connectivity index (χ1v) is 9.72. The van der Waals surface area contributed by atoms with Gasteiger partial charge in [-0.1, -0.05) is 46.7 Å². The Bertz CT molecular complexity index is 933. The largest absolute Gasteiger partial charge is 0.233 e. The summed E-state index contributed by atoms with van der Waals surface area (Å²) in [5.41, 5.74) is 1.51. The zero-order valence-corrected chi connectivity index (χ0v) is 16.3. The number of pyridine rings is 1. The highest BCUT2D eigenvalue weighted by atomic mass is 35.5. The molecule has 2 aromatic carbocycles. The summed E-state index contributed by atoms with van der Waals surface area (Å²) in [6.45, 7) is 1.93. The number of aryl methyl sites for hydroxylation is 1. The van der Waals surface area contributed by atoms with Crippen LogP contribution in [-0.4, -0.2) is 4.98 Å². The Kier molecular flexibility index (Phi) is 5.93. The summed E-state index contributed by atoms with van der Waals surface area (Å²) in [5.74, 6) is 0. The van der Waals surface area contributed by atoms with E-state index < -0.39 is 0 Å². The predicted molar refractivity (Wildman–Crippen MR) is 105 cm³/mol. The van der Waals surface area contributed by atoms with Crippen molar-refractivity contribution in [2.75, 3.05) is 0 Å². The third-order valence-electron chi connectivity index (χ3n) is 3.34. The number of nitriles is 1. The number of hydrogen-bond acceptors (Lipinski definition) is 4. The molecule has 0 N–H and O–H groups in total. The summed E-state index contributed by atoms with van der Waals surface area (Å²) in [6.07, 6.45) is 0. The maximum Gasteiger partial charge on any atom is 0.120 e. The molecule has 0 saturated heterocycles. The molecule has 1 aromatic heterocycles. The first kappa shape index (κ1) is 18.2. The van der Waals surface area contributed by atoms with E-state index >= 15 is 0 Å². The topological polar surface area (TPSA) is 36.7 Å². The molecular formula is C19H12Cl2N2S2. The van der Waals surface area contributed by atoms with Crippen LogP contribution in [0.2, 0.25) is 10.0 Å². The van der Waals surface area contributed by atoms with Crippen molar-refractivity contribution < 1.29 is 0 Å². The van der Waals surface area contributed by atoms with Crippen molar-refractivity contribution in [3.8, 4) is 6.07 Å². The smallest absolute Gasteiger partial charge is 0.120 e. The predicted octanol–water partition coefficient (Wildman–Crippen LogP) is 6.87. The van der Waals surface area contributed by atoms with Crippen LogP contribution in [0.25, 0.3) is 0 Å². The number of benzene rings is 2. The molecule has 0 saturated carbocycles. The molecule has 3 aromatic rings. The van der Waals surface area contributed by atoms with Gasteiger partial charge < -0.3 is 0 Å². The van der Waals surface area contributed by atoms with Crippen molar-refractivity contribution in [3.05, 3.63) is 75.8 Å². The van der Waals surface area contributed by atoms with E-state index in [4.69, 9.17) is 23.2 Å². The molecule has 0 radical (unpaired) electrons. The van der Waals surface area contributed by atoms with Crippen LogP contribution in [0.5, 0.6) is 0 Å². The molecule has 0 amide bonds. The summed E-state index contributed by atoms with van der Waals surface area (Å²) in [7, 11) is 0. The minimum absolute atomic E-state index is 0.598. The van der Waals surface area contributed by atoms with Crippen LogP contribution in [0.15, 0.2) is 74.4 Å². The van der Waals surface area contributed by atoms with Crippen LogP contribution in [0, 0.1) is 18.3 Å². The molecule has 0 aliphatic heterocycles. The Morgan fingerprint density at radius 2 is 1.40 bits per heavy atom. The zero-order chi connectivity index (χ0) is 17.8. The van der Waals surface area contributed by atoms with E-state index in [-0.39, 0.29) is 0 Å². The SMILES string of the molecule is Cc1cc(Sc2ccc(Cl)cc2)nc(Sc2ccc(Cl)cc2)c1C#N. The second kappa shape index (κ2) is 8.16. The molecule has 0 fully saturated rings. The molecule has 0 aliphatic carbocycles. The molecule has 0 spiro atoms. The number of nitrogens with zero attached hydrogens (tertiary/aromatic N) is 2. The average molecular weight is 403 g/mol. The normalized spacial score (nSPS) is 10.5. The van der Waals surface area contributed by atoms with Crippen LogP contribution in [-0.2, 0) is 0 Å². The minimum Gasteiger partial charge on any atom is -0.233 e. The molecule has 0 aliphatic rings. The van der Waals surface area contributed by atoms with Crippen LogP contribution in [0.3, 0.4) is 0 Å². The fourth-order valence-corrected chi connectivity index (χ4v) is 4.26. The summed E-state index contributed by atoms with van der Waals surface area (Å²) in [6, 6.07) is 19.3. The van der Waals surface area contributed by atoms with Gasteiger partial charge in [-0.3, -0.25) is 0 Å². The van der Waals surface area contributed by atoms with Crippen molar-refractivity contribution in [2.24, 2.45) is 0 Å². The lowest BCUT2D eigenvalue weighted by molar-refractivity contribution is 0.975. The van der Waals surface area contributed by atoms with Crippen molar-refractivity contribution >= 4 is 46.7 Å². The standard InChI is InChI=1S/C19H12Cl2N2S2/c1-12-10-18(24-15-6-2-13(20)3-7-15)23-19(17(12)11-22)25-16-8-4-14(21)5-9-16/h2-10H,1H3. The van der Waals surface area contributed by atoms with E-state index in [1.54, 1.807) is 11.8 Å². The second-order valence-electron chi connectivity index (χ2n) is 5.18. The van der Waals surface area contributed by atoms with E-state index in [0.29, 0.717) is 20.6 Å². The van der Waals surface area contributed by atoms with Crippen molar-refractivity contribution in [2.45, 2.75) is 26.8 Å². The van der Waals surface area contributed by atoms with Crippen molar-refractivity contribution in [1.82, 2.24) is 4.98 Å². The van der Waals surface area contributed by atoms with Gasteiger partial charge in [-0.15, -0.1) is 0 Å². The number of hydrogen-bond donors (Lipinski definition) is 0. The Hall–Kier alpha value is -1.64. The maximum atomic E-state index is 9.49. The van der Waals surface area contributed by atoms with Gasteiger partial charge >= 0.3 is 0 Å². The van der Waals surface area contributed by atoms with Gasteiger partial charge in [0.2, 0.25) is 0 Å². The first-order valence-electron chi connectivity index (χ1n) is 7.34. The van der Waals surface area contributed by atoms with Crippen LogP contribution in [0.4, 0.5) is 0 Å². The molecule has 25 heavy (non-hydrogen) atoms. The van der Waals surface area contributed by atoms with Crippen LogP contribution in [0.1, 0.15) is 11.1 Å². The van der Waals surface area contributed by atoms with Crippen LogP contribution >= 0.6 is 46.7 Å². The Balaban J connectivity index is 1.93.